The van der Waals surface area contributed by atoms with Gasteiger partial charge in [-0.25, -0.2) is 4.79 Å². The Morgan fingerprint density at radius 3 is 2.27 bits per heavy atom. The molecule has 1 aliphatic heterocycles. The molecule has 3 unspecified atom stereocenters. The number of ether oxygens (including phenoxy) is 2. The van der Waals surface area contributed by atoms with Crippen molar-refractivity contribution in [2.24, 2.45) is 11.3 Å². The van der Waals surface area contributed by atoms with Crippen molar-refractivity contribution < 1.29 is 24.2 Å². The first-order valence-electron chi connectivity index (χ1n) is 10.2. The van der Waals surface area contributed by atoms with Gasteiger partial charge in [0, 0.05) is 5.41 Å². The molecule has 1 amide bonds. The van der Waals surface area contributed by atoms with Crippen LogP contribution >= 0.6 is 0 Å². The molecule has 1 fully saturated rings. The van der Waals surface area contributed by atoms with Crippen molar-refractivity contribution in [3.05, 3.63) is 71.8 Å². The van der Waals surface area contributed by atoms with Crippen molar-refractivity contribution in [1.82, 2.24) is 5.32 Å². The average Bonchev–Trinajstić information content (AvgIpc) is 2.76. The number of aliphatic hydroxyl groups excluding tert-OH is 1. The fourth-order valence-electron chi connectivity index (χ4n) is 4.06. The van der Waals surface area contributed by atoms with Crippen molar-refractivity contribution in [2.75, 3.05) is 6.61 Å². The van der Waals surface area contributed by atoms with E-state index < -0.39 is 23.6 Å². The highest BCUT2D eigenvalue weighted by Crippen LogP contribution is 2.44. The van der Waals surface area contributed by atoms with Gasteiger partial charge in [0.15, 0.2) is 0 Å². The average molecular weight is 411 g/mol. The Morgan fingerprint density at radius 1 is 1.10 bits per heavy atom. The Bertz CT molecular complexity index is 856. The second-order valence-corrected chi connectivity index (χ2v) is 8.16. The van der Waals surface area contributed by atoms with Gasteiger partial charge in [-0.2, -0.15) is 0 Å². The number of carbonyl (C=O) groups excluding carboxylic acids is 2. The maximum Gasteiger partial charge on any atom is 0.508 e. The molecule has 0 aromatic heterocycles. The lowest BCUT2D eigenvalue weighted by Gasteiger charge is -2.51. The van der Waals surface area contributed by atoms with Crippen LogP contribution in [0.2, 0.25) is 0 Å². The number of benzene rings is 2. The van der Waals surface area contributed by atoms with Crippen LogP contribution in [0, 0.1) is 11.3 Å². The lowest BCUT2D eigenvalue weighted by atomic mass is 9.62. The Morgan fingerprint density at radius 2 is 1.70 bits per heavy atom. The molecule has 2 aromatic rings. The first kappa shape index (κ1) is 21.8. The van der Waals surface area contributed by atoms with Crippen LogP contribution in [-0.4, -0.2) is 35.9 Å². The Kier molecular flexibility index (Phi) is 6.77. The summed E-state index contributed by atoms with van der Waals surface area (Å²) >= 11 is 0. The largest absolute Gasteiger partial charge is 0.508 e. The molecular formula is C24H29NO5. The lowest BCUT2D eigenvalue weighted by Crippen LogP contribution is -2.69. The van der Waals surface area contributed by atoms with Crippen molar-refractivity contribution in [3.8, 4) is 0 Å². The zero-order chi connectivity index (χ0) is 21.7. The summed E-state index contributed by atoms with van der Waals surface area (Å²) in [6.45, 7) is 5.65. The summed E-state index contributed by atoms with van der Waals surface area (Å²) in [6.07, 6.45) is -1.49. The molecule has 2 aromatic carbocycles. The minimum Gasteiger partial charge on any atom is -0.430 e. The number of carbonyl (C=O) groups is 2. The zero-order valence-corrected chi connectivity index (χ0v) is 17.6. The predicted octanol–water partition coefficient (Wildman–Crippen LogP) is 3.65. The predicted molar refractivity (Wildman–Crippen MR) is 113 cm³/mol. The maximum absolute atomic E-state index is 12.3. The van der Waals surface area contributed by atoms with Crippen molar-refractivity contribution in [2.45, 2.75) is 45.4 Å². The third-order valence-corrected chi connectivity index (χ3v) is 6.29. The Balaban J connectivity index is 1.65. The molecule has 160 valence electrons. The molecule has 1 saturated heterocycles. The summed E-state index contributed by atoms with van der Waals surface area (Å²) in [5.41, 5.74) is 1.31. The topological polar surface area (TPSA) is 84.9 Å². The molecule has 0 saturated carbocycles. The van der Waals surface area contributed by atoms with E-state index in [-0.39, 0.29) is 31.1 Å². The highest BCUT2D eigenvalue weighted by atomic mass is 16.7. The van der Waals surface area contributed by atoms with Crippen LogP contribution in [0.4, 0.5) is 4.79 Å². The van der Waals surface area contributed by atoms with Crippen molar-refractivity contribution in [1.29, 1.82) is 0 Å². The van der Waals surface area contributed by atoms with E-state index in [1.165, 1.54) is 0 Å². The first-order valence-corrected chi connectivity index (χ1v) is 10.2. The number of amides is 1. The third kappa shape index (κ3) is 4.49. The number of hydrogen-bond donors (Lipinski definition) is 2. The molecule has 5 atom stereocenters. The summed E-state index contributed by atoms with van der Waals surface area (Å²) in [7, 11) is 0. The molecule has 6 heteroatoms. The molecule has 30 heavy (non-hydrogen) atoms. The van der Waals surface area contributed by atoms with E-state index in [1.807, 2.05) is 74.5 Å². The molecule has 2 N–H and O–H groups in total. The second-order valence-electron chi connectivity index (χ2n) is 8.16. The molecule has 0 aliphatic carbocycles. The fraction of sp³-hybridized carbons (Fsp3) is 0.417. The standard InChI is InChI=1S/C24H29NO5/c1-16(19-12-8-5-9-13-19)24(3,15-26)21-20(22(27)25-21)17(2)30-23(28)29-14-18-10-6-4-7-11-18/h4-13,16-17,20-21,26H,14-15H2,1-3H3,(H,25,27)/t16?,17?,20-,21+,24?/m1/s1. The van der Waals surface area contributed by atoms with E-state index in [4.69, 9.17) is 9.47 Å². The van der Waals surface area contributed by atoms with Gasteiger partial charge in [-0.1, -0.05) is 74.5 Å². The van der Waals surface area contributed by atoms with Crippen LogP contribution in [0.5, 0.6) is 0 Å². The lowest BCUT2D eigenvalue weighted by molar-refractivity contribution is -0.150. The quantitative estimate of drug-likeness (QED) is 0.512. The number of nitrogens with one attached hydrogen (secondary N) is 1. The van der Waals surface area contributed by atoms with E-state index in [0.29, 0.717) is 0 Å². The number of β-lactam (4-membered cyclic amide) rings is 1. The van der Waals surface area contributed by atoms with Gasteiger partial charge in [0.2, 0.25) is 5.91 Å². The fourth-order valence-corrected chi connectivity index (χ4v) is 4.06. The van der Waals surface area contributed by atoms with E-state index >= 15 is 0 Å². The van der Waals surface area contributed by atoms with Gasteiger partial charge >= 0.3 is 6.16 Å². The van der Waals surface area contributed by atoms with E-state index in [2.05, 4.69) is 5.32 Å². The SMILES string of the molecule is CC(OC(=O)OCc1ccccc1)[C@H]1C(=O)N[C@@H]1C(C)(CO)C(C)c1ccccc1. The normalized spacial score (nSPS) is 22.1. The molecule has 0 spiro atoms. The summed E-state index contributed by atoms with van der Waals surface area (Å²) in [5, 5.41) is 13.2. The van der Waals surface area contributed by atoms with Crippen LogP contribution < -0.4 is 5.32 Å². The molecule has 1 heterocycles. The van der Waals surface area contributed by atoms with Crippen LogP contribution in [0.1, 0.15) is 37.8 Å². The number of hydrogen-bond acceptors (Lipinski definition) is 5. The Labute approximate surface area is 177 Å². The van der Waals surface area contributed by atoms with Gasteiger partial charge in [-0.05, 0) is 24.0 Å². The van der Waals surface area contributed by atoms with Crippen molar-refractivity contribution >= 4 is 12.1 Å². The molecular weight excluding hydrogens is 382 g/mol. The van der Waals surface area contributed by atoms with Gasteiger partial charge < -0.3 is 19.9 Å². The Hall–Kier alpha value is -2.86. The van der Waals surface area contributed by atoms with Crippen molar-refractivity contribution in [3.63, 3.8) is 0 Å². The van der Waals surface area contributed by atoms with Crippen LogP contribution in [0.3, 0.4) is 0 Å². The molecule has 6 nitrogen and oxygen atoms in total. The zero-order valence-electron chi connectivity index (χ0n) is 17.6. The van der Waals surface area contributed by atoms with Gasteiger partial charge in [-0.3, -0.25) is 4.79 Å². The summed E-state index contributed by atoms with van der Waals surface area (Å²) in [5.74, 6) is -0.769. The summed E-state index contributed by atoms with van der Waals surface area (Å²) < 4.78 is 10.6. The van der Waals surface area contributed by atoms with E-state index in [0.717, 1.165) is 11.1 Å². The maximum atomic E-state index is 12.3. The van der Waals surface area contributed by atoms with Crippen LogP contribution in [0.15, 0.2) is 60.7 Å². The van der Waals surface area contributed by atoms with Crippen LogP contribution in [-0.2, 0) is 20.9 Å². The molecule has 0 radical (unpaired) electrons. The van der Waals surface area contributed by atoms with E-state index in [1.54, 1.807) is 6.92 Å². The van der Waals surface area contributed by atoms with Gasteiger partial charge in [-0.15, -0.1) is 0 Å². The molecule has 3 rings (SSSR count). The van der Waals surface area contributed by atoms with Gasteiger partial charge in [0.05, 0.1) is 18.6 Å². The monoisotopic (exact) mass is 411 g/mol. The van der Waals surface area contributed by atoms with E-state index in [9.17, 15) is 14.7 Å². The second kappa shape index (κ2) is 9.30. The minimum absolute atomic E-state index is 0.0194. The number of rotatable bonds is 8. The summed E-state index contributed by atoms with van der Waals surface area (Å²) in [4.78, 5) is 24.5. The van der Waals surface area contributed by atoms with Gasteiger partial charge in [0.1, 0.15) is 12.7 Å². The minimum atomic E-state index is -0.813. The molecule has 1 aliphatic rings. The highest BCUT2D eigenvalue weighted by molar-refractivity contribution is 5.87. The first-order chi connectivity index (χ1) is 14.4. The third-order valence-electron chi connectivity index (χ3n) is 6.29. The molecule has 0 bridgehead atoms. The number of aliphatic hydroxyl groups is 1. The van der Waals surface area contributed by atoms with Crippen LogP contribution in [0.25, 0.3) is 0 Å². The summed E-state index contributed by atoms with van der Waals surface area (Å²) in [6, 6.07) is 18.8. The smallest absolute Gasteiger partial charge is 0.430 e. The van der Waals surface area contributed by atoms with Gasteiger partial charge in [0.25, 0.3) is 0 Å². The highest BCUT2D eigenvalue weighted by Gasteiger charge is 2.55.